The molecule has 0 radical (unpaired) electrons. The molecule has 96 valence electrons. The van der Waals surface area contributed by atoms with E-state index in [2.05, 4.69) is 20.6 Å². The average molecular weight is 248 g/mol. The summed E-state index contributed by atoms with van der Waals surface area (Å²) >= 11 is 0. The van der Waals surface area contributed by atoms with Gasteiger partial charge in [-0.25, -0.2) is 0 Å². The van der Waals surface area contributed by atoms with Gasteiger partial charge in [-0.15, -0.1) is 0 Å². The van der Waals surface area contributed by atoms with Crippen LogP contribution in [-0.2, 0) is 13.1 Å². The average Bonchev–Trinajstić information content (AvgIpc) is 2.92. The summed E-state index contributed by atoms with van der Waals surface area (Å²) in [6.45, 7) is 4.91. The van der Waals surface area contributed by atoms with E-state index < -0.39 is 0 Å². The van der Waals surface area contributed by atoms with Gasteiger partial charge in [0.15, 0.2) is 5.69 Å². The molecule has 0 saturated heterocycles. The molecule has 0 spiro atoms. The Hall–Kier alpha value is -2.31. The second-order valence-electron chi connectivity index (χ2n) is 3.99. The summed E-state index contributed by atoms with van der Waals surface area (Å²) in [5.41, 5.74) is 8.26. The predicted octanol–water partition coefficient (Wildman–Crippen LogP) is 0.447. The molecule has 2 aromatic rings. The molecule has 0 fully saturated rings. The highest BCUT2D eigenvalue weighted by Gasteiger charge is 2.14. The summed E-state index contributed by atoms with van der Waals surface area (Å²) in [5.74, 6) is -0.277. The van der Waals surface area contributed by atoms with Crippen LogP contribution in [0.15, 0.2) is 12.4 Å². The van der Waals surface area contributed by atoms with Crippen LogP contribution in [-0.4, -0.2) is 25.9 Å². The Kier molecular flexibility index (Phi) is 3.31. The first kappa shape index (κ1) is 12.2. The van der Waals surface area contributed by atoms with E-state index in [1.165, 1.54) is 0 Å². The van der Waals surface area contributed by atoms with Crippen molar-refractivity contribution in [1.29, 1.82) is 0 Å². The second kappa shape index (κ2) is 4.91. The summed E-state index contributed by atoms with van der Waals surface area (Å²) in [7, 11) is 0. The molecular weight excluding hydrogens is 232 g/mol. The summed E-state index contributed by atoms with van der Waals surface area (Å²) in [6, 6.07) is 0. The number of carbonyl (C=O) groups is 1. The number of hydrogen-bond acceptors (Lipinski definition) is 4. The van der Waals surface area contributed by atoms with Crippen LogP contribution in [0.2, 0.25) is 0 Å². The maximum absolute atomic E-state index is 11.9. The Bertz CT molecular complexity index is 556. The minimum atomic E-state index is -0.277. The zero-order valence-electron chi connectivity index (χ0n) is 10.4. The van der Waals surface area contributed by atoms with E-state index in [4.69, 9.17) is 5.73 Å². The van der Waals surface area contributed by atoms with Gasteiger partial charge in [0.2, 0.25) is 0 Å². The number of nitrogens with one attached hydrogen (secondary N) is 2. The third-order valence-electron chi connectivity index (χ3n) is 2.70. The number of aryl methyl sites for hydroxylation is 2. The van der Waals surface area contributed by atoms with E-state index in [0.717, 1.165) is 11.3 Å². The van der Waals surface area contributed by atoms with E-state index in [1.54, 1.807) is 17.1 Å². The molecule has 0 aromatic carbocycles. The lowest BCUT2D eigenvalue weighted by Gasteiger charge is -2.02. The lowest BCUT2D eigenvalue weighted by molar-refractivity contribution is 0.0946. The Morgan fingerprint density at radius 2 is 2.39 bits per heavy atom. The van der Waals surface area contributed by atoms with Gasteiger partial charge in [0, 0.05) is 30.5 Å². The van der Waals surface area contributed by atoms with Crippen LogP contribution in [0.25, 0.3) is 0 Å². The predicted molar refractivity (Wildman–Crippen MR) is 66.8 cm³/mol. The van der Waals surface area contributed by atoms with Crippen LogP contribution in [0.4, 0.5) is 5.69 Å². The number of nitrogens with zero attached hydrogens (tertiary/aromatic N) is 3. The lowest BCUT2D eigenvalue weighted by Crippen LogP contribution is -2.24. The molecule has 4 N–H and O–H groups in total. The number of nitrogen functional groups attached to an aromatic ring is 1. The molecule has 1 amide bonds. The standard InChI is InChI=1S/C11H16N6O/c1-3-17-6-9(12)10(16-17)11(18)13-4-8-5-14-15-7(8)2/h5-6H,3-4,12H2,1-2H3,(H,13,18)(H,14,15). The van der Waals surface area contributed by atoms with Crippen LogP contribution in [0.3, 0.4) is 0 Å². The largest absolute Gasteiger partial charge is 0.396 e. The zero-order valence-corrected chi connectivity index (χ0v) is 10.4. The zero-order chi connectivity index (χ0) is 13.1. The quantitative estimate of drug-likeness (QED) is 0.731. The third-order valence-corrected chi connectivity index (χ3v) is 2.70. The first-order chi connectivity index (χ1) is 8.61. The molecule has 2 aromatic heterocycles. The first-order valence-corrected chi connectivity index (χ1v) is 5.71. The fraction of sp³-hybridized carbons (Fsp3) is 0.364. The molecule has 0 aliphatic heterocycles. The third kappa shape index (κ3) is 2.34. The normalized spacial score (nSPS) is 10.6. The Morgan fingerprint density at radius 1 is 1.61 bits per heavy atom. The van der Waals surface area contributed by atoms with Gasteiger partial charge >= 0.3 is 0 Å². The summed E-state index contributed by atoms with van der Waals surface area (Å²) in [4.78, 5) is 11.9. The van der Waals surface area contributed by atoms with Crippen LogP contribution in [0.5, 0.6) is 0 Å². The Morgan fingerprint density at radius 3 is 2.94 bits per heavy atom. The number of anilines is 1. The monoisotopic (exact) mass is 248 g/mol. The van der Waals surface area contributed by atoms with E-state index in [1.807, 2.05) is 13.8 Å². The fourth-order valence-corrected chi connectivity index (χ4v) is 1.59. The van der Waals surface area contributed by atoms with Crippen molar-refractivity contribution >= 4 is 11.6 Å². The van der Waals surface area contributed by atoms with Crippen molar-refractivity contribution in [1.82, 2.24) is 25.3 Å². The molecule has 2 heterocycles. The van der Waals surface area contributed by atoms with Crippen LogP contribution in [0, 0.1) is 6.92 Å². The smallest absolute Gasteiger partial charge is 0.274 e. The van der Waals surface area contributed by atoms with Gasteiger partial charge in [-0.1, -0.05) is 0 Å². The van der Waals surface area contributed by atoms with E-state index in [0.29, 0.717) is 18.8 Å². The number of H-pyrrole nitrogens is 1. The number of rotatable bonds is 4. The first-order valence-electron chi connectivity index (χ1n) is 5.71. The fourth-order valence-electron chi connectivity index (χ4n) is 1.59. The molecule has 2 rings (SSSR count). The SMILES string of the molecule is CCn1cc(N)c(C(=O)NCc2cn[nH]c2C)n1. The van der Waals surface area contributed by atoms with Crippen molar-refractivity contribution in [3.05, 3.63) is 29.3 Å². The molecule has 0 aliphatic carbocycles. The minimum Gasteiger partial charge on any atom is -0.396 e. The molecule has 7 heteroatoms. The van der Waals surface area contributed by atoms with Gasteiger partial charge in [-0.2, -0.15) is 10.2 Å². The molecule has 0 bridgehead atoms. The second-order valence-corrected chi connectivity index (χ2v) is 3.99. The van der Waals surface area contributed by atoms with E-state index in [-0.39, 0.29) is 11.6 Å². The molecule has 0 unspecified atom stereocenters. The summed E-state index contributed by atoms with van der Waals surface area (Å²) in [5, 5.41) is 13.6. The number of hydrogen-bond donors (Lipinski definition) is 3. The highest BCUT2D eigenvalue weighted by Crippen LogP contribution is 2.09. The van der Waals surface area contributed by atoms with Crippen LogP contribution < -0.4 is 11.1 Å². The van der Waals surface area contributed by atoms with Crippen molar-refractivity contribution in [3.63, 3.8) is 0 Å². The van der Waals surface area contributed by atoms with Crippen LogP contribution in [0.1, 0.15) is 28.7 Å². The van der Waals surface area contributed by atoms with Gasteiger partial charge in [0.25, 0.3) is 5.91 Å². The topological polar surface area (TPSA) is 102 Å². The Balaban J connectivity index is 2.03. The van der Waals surface area contributed by atoms with Crippen molar-refractivity contribution in [3.8, 4) is 0 Å². The van der Waals surface area contributed by atoms with Gasteiger partial charge < -0.3 is 11.1 Å². The molecule has 0 aliphatic rings. The van der Waals surface area contributed by atoms with Gasteiger partial charge in [0.05, 0.1) is 11.9 Å². The maximum atomic E-state index is 11.9. The minimum absolute atomic E-state index is 0.262. The highest BCUT2D eigenvalue weighted by atomic mass is 16.2. The highest BCUT2D eigenvalue weighted by molar-refractivity contribution is 5.96. The number of amides is 1. The maximum Gasteiger partial charge on any atom is 0.274 e. The van der Waals surface area contributed by atoms with Crippen LogP contribution >= 0.6 is 0 Å². The van der Waals surface area contributed by atoms with E-state index >= 15 is 0 Å². The lowest BCUT2D eigenvalue weighted by atomic mass is 10.2. The number of nitrogens with two attached hydrogens (primary N) is 1. The number of carbonyl (C=O) groups excluding carboxylic acids is 1. The summed E-state index contributed by atoms with van der Waals surface area (Å²) in [6.07, 6.45) is 3.33. The van der Waals surface area contributed by atoms with Crippen molar-refractivity contribution < 1.29 is 4.79 Å². The summed E-state index contributed by atoms with van der Waals surface area (Å²) < 4.78 is 1.63. The Labute approximate surface area is 104 Å². The molecule has 7 nitrogen and oxygen atoms in total. The number of aromatic nitrogens is 4. The van der Waals surface area contributed by atoms with Gasteiger partial charge in [-0.05, 0) is 13.8 Å². The number of aromatic amines is 1. The molecular formula is C11H16N6O. The van der Waals surface area contributed by atoms with E-state index in [9.17, 15) is 4.79 Å². The molecule has 0 saturated carbocycles. The van der Waals surface area contributed by atoms with Crippen molar-refractivity contribution in [2.24, 2.45) is 0 Å². The van der Waals surface area contributed by atoms with Crippen molar-refractivity contribution in [2.45, 2.75) is 26.9 Å². The van der Waals surface area contributed by atoms with Crippen molar-refractivity contribution in [2.75, 3.05) is 5.73 Å². The molecule has 18 heavy (non-hydrogen) atoms. The molecule has 0 atom stereocenters. The van der Waals surface area contributed by atoms with Gasteiger partial charge in [-0.3, -0.25) is 14.6 Å². The van der Waals surface area contributed by atoms with Gasteiger partial charge in [0.1, 0.15) is 0 Å².